The molecule has 0 unspecified atom stereocenters. The maximum atomic E-state index is 11.4. The van der Waals surface area contributed by atoms with Crippen molar-refractivity contribution in [2.45, 2.75) is 64.4 Å². The Morgan fingerprint density at radius 2 is 1.60 bits per heavy atom. The Kier molecular flexibility index (Phi) is 5.64. The Morgan fingerprint density at radius 1 is 1.05 bits per heavy atom. The average molecular weight is 275 g/mol. The quantitative estimate of drug-likeness (QED) is 0.578. The van der Waals surface area contributed by atoms with Gasteiger partial charge in [-0.2, -0.15) is 5.26 Å². The van der Waals surface area contributed by atoms with Crippen LogP contribution >= 0.6 is 0 Å². The summed E-state index contributed by atoms with van der Waals surface area (Å²) in [5.41, 5.74) is 0. The van der Waals surface area contributed by atoms with Gasteiger partial charge in [-0.05, 0) is 70.1 Å². The molecule has 0 N–H and O–H groups in total. The van der Waals surface area contributed by atoms with Crippen LogP contribution < -0.4 is 0 Å². The molecule has 0 atom stereocenters. The Hall–Kier alpha value is -1.30. The van der Waals surface area contributed by atoms with Crippen LogP contribution in [0.5, 0.6) is 0 Å². The third kappa shape index (κ3) is 4.10. The van der Waals surface area contributed by atoms with Gasteiger partial charge in [0.2, 0.25) is 0 Å². The molecule has 2 aliphatic rings. The number of ether oxygens (including phenoxy) is 1. The number of hydrogen-bond acceptors (Lipinski definition) is 3. The second-order valence-corrected chi connectivity index (χ2v) is 6.21. The van der Waals surface area contributed by atoms with Gasteiger partial charge in [0.15, 0.2) is 0 Å². The number of carbonyl (C=O) groups is 1. The Balaban J connectivity index is 1.72. The summed E-state index contributed by atoms with van der Waals surface area (Å²) in [6, 6.07) is 2.40. The fourth-order valence-electron chi connectivity index (χ4n) is 3.74. The number of nitriles is 1. The van der Waals surface area contributed by atoms with Crippen LogP contribution in [0.2, 0.25) is 0 Å². The Labute approximate surface area is 122 Å². The van der Waals surface area contributed by atoms with Crippen molar-refractivity contribution in [3.05, 3.63) is 12.2 Å². The zero-order valence-corrected chi connectivity index (χ0v) is 12.4. The Morgan fingerprint density at radius 3 is 2.10 bits per heavy atom. The van der Waals surface area contributed by atoms with Crippen LogP contribution in [0, 0.1) is 29.1 Å². The summed E-state index contributed by atoms with van der Waals surface area (Å²) >= 11 is 0. The first kappa shape index (κ1) is 15.1. The lowest BCUT2D eigenvalue weighted by molar-refractivity contribution is -0.145. The van der Waals surface area contributed by atoms with E-state index in [9.17, 15) is 4.79 Å². The van der Waals surface area contributed by atoms with E-state index in [4.69, 9.17) is 10.00 Å². The summed E-state index contributed by atoms with van der Waals surface area (Å²) in [6.07, 6.45) is 12.3. The molecule has 0 saturated heterocycles. The first-order valence-electron chi connectivity index (χ1n) is 7.95. The van der Waals surface area contributed by atoms with E-state index in [0.29, 0.717) is 5.92 Å². The normalized spacial score (nSPS) is 34.6. The first-order chi connectivity index (χ1) is 9.72. The molecule has 0 radical (unpaired) electrons. The van der Waals surface area contributed by atoms with Gasteiger partial charge in [0, 0.05) is 12.0 Å². The predicted octanol–water partition coefficient (Wildman–Crippen LogP) is 3.99. The second kappa shape index (κ2) is 7.47. The van der Waals surface area contributed by atoms with E-state index < -0.39 is 0 Å². The minimum atomic E-state index is -0.203. The molecule has 0 bridgehead atoms. The van der Waals surface area contributed by atoms with Crippen LogP contribution in [0.25, 0.3) is 0 Å². The monoisotopic (exact) mass is 275 g/mol. The van der Waals surface area contributed by atoms with Crippen molar-refractivity contribution in [1.82, 2.24) is 0 Å². The molecule has 0 spiro atoms. The minimum Gasteiger partial charge on any atom is -0.459 e. The highest BCUT2D eigenvalue weighted by molar-refractivity contribution is 5.81. The van der Waals surface area contributed by atoms with Crippen molar-refractivity contribution in [2.24, 2.45) is 17.8 Å². The molecule has 2 aliphatic carbocycles. The van der Waals surface area contributed by atoms with Gasteiger partial charge in [-0.3, -0.25) is 0 Å². The number of allylic oxidation sites excluding steroid dienone is 1. The zero-order valence-electron chi connectivity index (χ0n) is 12.4. The third-order valence-electron chi connectivity index (χ3n) is 4.93. The van der Waals surface area contributed by atoms with Crippen molar-refractivity contribution < 1.29 is 9.53 Å². The first-order valence-corrected chi connectivity index (χ1v) is 7.95. The van der Waals surface area contributed by atoms with Crippen molar-refractivity contribution in [2.75, 3.05) is 0 Å². The molecule has 0 amide bonds. The highest BCUT2D eigenvalue weighted by atomic mass is 16.5. The molecule has 0 aromatic rings. The van der Waals surface area contributed by atoms with Crippen molar-refractivity contribution in [1.29, 1.82) is 5.26 Å². The van der Waals surface area contributed by atoms with Crippen LogP contribution in [-0.4, -0.2) is 12.1 Å². The molecule has 2 rings (SSSR count). The number of nitrogens with zero attached hydrogens (tertiary/aromatic N) is 1. The molecule has 3 heteroatoms. The van der Waals surface area contributed by atoms with Gasteiger partial charge >= 0.3 is 5.97 Å². The summed E-state index contributed by atoms with van der Waals surface area (Å²) in [6.45, 7) is 1.83. The number of carbonyl (C=O) groups excluding carboxylic acids is 1. The standard InChI is InChI=1S/C17H25NO2/c1-2-3-17(19)20-16-10-8-15(9-11-16)14-6-4-13(12-18)5-7-14/h2-3,13-16H,4-11H2,1H3/b3-2+. The van der Waals surface area contributed by atoms with Gasteiger partial charge in [-0.1, -0.05) is 6.08 Å². The molecule has 3 nitrogen and oxygen atoms in total. The van der Waals surface area contributed by atoms with Crippen LogP contribution in [0.1, 0.15) is 58.3 Å². The van der Waals surface area contributed by atoms with Gasteiger partial charge in [0.1, 0.15) is 6.10 Å². The molecule has 20 heavy (non-hydrogen) atoms. The summed E-state index contributed by atoms with van der Waals surface area (Å²) < 4.78 is 5.43. The molecule has 2 fully saturated rings. The molecule has 0 heterocycles. The van der Waals surface area contributed by atoms with Crippen molar-refractivity contribution in [3.8, 4) is 6.07 Å². The average Bonchev–Trinajstić information content (AvgIpc) is 2.48. The second-order valence-electron chi connectivity index (χ2n) is 6.21. The lowest BCUT2D eigenvalue weighted by Crippen LogP contribution is -2.29. The van der Waals surface area contributed by atoms with Gasteiger partial charge in [-0.15, -0.1) is 0 Å². The van der Waals surface area contributed by atoms with E-state index in [1.807, 2.05) is 6.92 Å². The summed E-state index contributed by atoms with van der Waals surface area (Å²) in [4.78, 5) is 11.4. The molecule has 2 saturated carbocycles. The SMILES string of the molecule is C/C=C/C(=O)OC1CCC(C2CCC(C#N)CC2)CC1. The molecule has 0 aliphatic heterocycles. The van der Waals surface area contributed by atoms with Gasteiger partial charge < -0.3 is 4.74 Å². The largest absolute Gasteiger partial charge is 0.459 e. The van der Waals surface area contributed by atoms with Crippen molar-refractivity contribution >= 4 is 5.97 Å². The highest BCUT2D eigenvalue weighted by Gasteiger charge is 2.31. The topological polar surface area (TPSA) is 50.1 Å². The van der Waals surface area contributed by atoms with E-state index in [0.717, 1.165) is 37.5 Å². The maximum absolute atomic E-state index is 11.4. The lowest BCUT2D eigenvalue weighted by Gasteiger charge is -2.36. The number of hydrogen-bond donors (Lipinski definition) is 0. The van der Waals surface area contributed by atoms with Gasteiger partial charge in [0.25, 0.3) is 0 Å². The fourth-order valence-corrected chi connectivity index (χ4v) is 3.74. The number of rotatable bonds is 3. The van der Waals surface area contributed by atoms with E-state index in [1.54, 1.807) is 6.08 Å². The molecular formula is C17H25NO2. The van der Waals surface area contributed by atoms with E-state index in [-0.39, 0.29) is 12.1 Å². The molecule has 0 aromatic carbocycles. The molecule has 0 aromatic heterocycles. The predicted molar refractivity (Wildman–Crippen MR) is 77.7 cm³/mol. The fraction of sp³-hybridized carbons (Fsp3) is 0.765. The molecule has 110 valence electrons. The molecular weight excluding hydrogens is 250 g/mol. The Bertz CT molecular complexity index is 380. The van der Waals surface area contributed by atoms with Crippen molar-refractivity contribution in [3.63, 3.8) is 0 Å². The van der Waals surface area contributed by atoms with Crippen LogP contribution in [-0.2, 0) is 9.53 Å². The van der Waals surface area contributed by atoms with Crippen LogP contribution in [0.4, 0.5) is 0 Å². The van der Waals surface area contributed by atoms with Gasteiger partial charge in [0.05, 0.1) is 6.07 Å². The maximum Gasteiger partial charge on any atom is 0.330 e. The summed E-state index contributed by atoms with van der Waals surface area (Å²) in [7, 11) is 0. The van der Waals surface area contributed by atoms with Crippen LogP contribution in [0.15, 0.2) is 12.2 Å². The summed E-state index contributed by atoms with van der Waals surface area (Å²) in [5, 5.41) is 8.95. The lowest BCUT2D eigenvalue weighted by atomic mass is 9.71. The van der Waals surface area contributed by atoms with E-state index >= 15 is 0 Å². The van der Waals surface area contributed by atoms with Gasteiger partial charge in [-0.25, -0.2) is 4.79 Å². The van der Waals surface area contributed by atoms with E-state index in [2.05, 4.69) is 6.07 Å². The smallest absolute Gasteiger partial charge is 0.330 e. The third-order valence-corrected chi connectivity index (χ3v) is 4.93. The van der Waals surface area contributed by atoms with E-state index in [1.165, 1.54) is 31.8 Å². The van der Waals surface area contributed by atoms with Crippen LogP contribution in [0.3, 0.4) is 0 Å². The minimum absolute atomic E-state index is 0.116. The zero-order chi connectivity index (χ0) is 14.4. The summed E-state index contributed by atoms with van der Waals surface area (Å²) in [5.74, 6) is 1.67. The highest BCUT2D eigenvalue weighted by Crippen LogP contribution is 2.40. The number of esters is 1.